The summed E-state index contributed by atoms with van der Waals surface area (Å²) < 4.78 is 0. The Balaban J connectivity index is 0.000000457. The minimum atomic E-state index is 0.606. The van der Waals surface area contributed by atoms with Crippen LogP contribution in [0.2, 0.25) is 0 Å². The summed E-state index contributed by atoms with van der Waals surface area (Å²) in [6.07, 6.45) is 9.98. The smallest absolute Gasteiger partial charge is 0.00441 e. The molecule has 0 aliphatic heterocycles. The highest BCUT2D eigenvalue weighted by Gasteiger charge is 2.38. The van der Waals surface area contributed by atoms with E-state index in [1.165, 1.54) is 44.9 Å². The van der Waals surface area contributed by atoms with Gasteiger partial charge in [-0.05, 0) is 48.6 Å². The van der Waals surface area contributed by atoms with Crippen LogP contribution in [0.4, 0.5) is 0 Å². The van der Waals surface area contributed by atoms with Gasteiger partial charge in [0.25, 0.3) is 0 Å². The van der Waals surface area contributed by atoms with Crippen LogP contribution < -0.4 is 0 Å². The van der Waals surface area contributed by atoms with Crippen molar-refractivity contribution in [1.82, 2.24) is 0 Å². The van der Waals surface area contributed by atoms with E-state index < -0.39 is 0 Å². The van der Waals surface area contributed by atoms with E-state index in [1.807, 2.05) is 13.8 Å². The molecule has 0 aromatic heterocycles. The molecule has 0 nitrogen and oxygen atoms in total. The van der Waals surface area contributed by atoms with Crippen LogP contribution in [0.3, 0.4) is 0 Å². The van der Waals surface area contributed by atoms with Gasteiger partial charge in [-0.25, -0.2) is 0 Å². The highest BCUT2D eigenvalue weighted by molar-refractivity contribution is 5.37. The van der Waals surface area contributed by atoms with Gasteiger partial charge in [0, 0.05) is 0 Å². The molecule has 16 heavy (non-hydrogen) atoms. The highest BCUT2D eigenvalue weighted by Crippen LogP contribution is 2.48. The summed E-state index contributed by atoms with van der Waals surface area (Å²) in [6, 6.07) is 9.16. The predicted octanol–water partition coefficient (Wildman–Crippen LogP) is 4.86. The summed E-state index contributed by atoms with van der Waals surface area (Å²) in [5, 5.41) is 0. The quantitative estimate of drug-likeness (QED) is 0.581. The summed E-state index contributed by atoms with van der Waals surface area (Å²) in [5.41, 5.74) is 3.94. The van der Waals surface area contributed by atoms with Crippen molar-refractivity contribution in [2.75, 3.05) is 0 Å². The van der Waals surface area contributed by atoms with Gasteiger partial charge in [-0.3, -0.25) is 0 Å². The van der Waals surface area contributed by atoms with Crippen LogP contribution in [-0.2, 0) is 11.8 Å². The van der Waals surface area contributed by atoms with Gasteiger partial charge in [0.2, 0.25) is 0 Å². The van der Waals surface area contributed by atoms with E-state index in [2.05, 4.69) is 24.3 Å². The van der Waals surface area contributed by atoms with Crippen molar-refractivity contribution in [2.24, 2.45) is 0 Å². The van der Waals surface area contributed by atoms with Crippen molar-refractivity contribution in [3.8, 4) is 0 Å². The van der Waals surface area contributed by atoms with Crippen LogP contribution in [0.25, 0.3) is 0 Å². The topological polar surface area (TPSA) is 0 Å². The fraction of sp³-hybridized carbons (Fsp3) is 0.625. The molecule has 1 fully saturated rings. The fourth-order valence-electron chi connectivity index (χ4n) is 3.58. The minimum absolute atomic E-state index is 0.606. The molecule has 0 heteroatoms. The SMILES string of the molecule is CC.c1ccc2c(c1)CCCC21CCCC1. The Labute approximate surface area is 100 Å². The minimum Gasteiger partial charge on any atom is -0.0683 e. The third-order valence-electron chi connectivity index (χ3n) is 4.25. The molecule has 1 saturated carbocycles. The second kappa shape index (κ2) is 5.03. The molecule has 0 atom stereocenters. The van der Waals surface area contributed by atoms with E-state index >= 15 is 0 Å². The van der Waals surface area contributed by atoms with Gasteiger partial charge >= 0.3 is 0 Å². The molecule has 0 N–H and O–H groups in total. The van der Waals surface area contributed by atoms with Gasteiger partial charge in [0.1, 0.15) is 0 Å². The largest absolute Gasteiger partial charge is 0.0683 e. The van der Waals surface area contributed by atoms with Gasteiger partial charge < -0.3 is 0 Å². The second-order valence-corrected chi connectivity index (χ2v) is 5.00. The molecule has 0 heterocycles. The van der Waals surface area contributed by atoms with Gasteiger partial charge in [0.05, 0.1) is 0 Å². The second-order valence-electron chi connectivity index (χ2n) is 5.00. The number of rotatable bonds is 0. The lowest BCUT2D eigenvalue weighted by molar-refractivity contribution is 0.369. The van der Waals surface area contributed by atoms with Gasteiger partial charge in [0.15, 0.2) is 0 Å². The van der Waals surface area contributed by atoms with E-state index in [0.29, 0.717) is 5.41 Å². The summed E-state index contributed by atoms with van der Waals surface area (Å²) in [4.78, 5) is 0. The normalized spacial score (nSPS) is 21.1. The number of fused-ring (bicyclic) bond motifs is 2. The molecule has 0 unspecified atom stereocenters. The number of benzene rings is 1. The Hall–Kier alpha value is -0.780. The Kier molecular flexibility index (Phi) is 3.68. The van der Waals surface area contributed by atoms with E-state index in [4.69, 9.17) is 0 Å². The molecule has 2 aliphatic carbocycles. The maximum absolute atomic E-state index is 2.39. The highest BCUT2D eigenvalue weighted by atomic mass is 14.4. The van der Waals surface area contributed by atoms with Crippen molar-refractivity contribution < 1.29 is 0 Å². The molecular weight excluding hydrogens is 192 g/mol. The maximum Gasteiger partial charge on any atom is -0.00441 e. The average Bonchev–Trinajstić information content (AvgIpc) is 2.82. The van der Waals surface area contributed by atoms with Crippen LogP contribution >= 0.6 is 0 Å². The van der Waals surface area contributed by atoms with Crippen molar-refractivity contribution in [3.63, 3.8) is 0 Å². The molecule has 1 aromatic rings. The Morgan fingerprint density at radius 2 is 1.50 bits per heavy atom. The Morgan fingerprint density at radius 1 is 0.875 bits per heavy atom. The molecular formula is C16H24. The number of hydrogen-bond acceptors (Lipinski definition) is 0. The molecule has 1 spiro atoms. The maximum atomic E-state index is 2.39. The third kappa shape index (κ3) is 1.90. The zero-order chi connectivity index (χ0) is 11.4. The first-order chi connectivity index (χ1) is 7.91. The zero-order valence-corrected chi connectivity index (χ0v) is 10.8. The first-order valence-corrected chi connectivity index (χ1v) is 6.99. The fourth-order valence-corrected chi connectivity index (χ4v) is 3.58. The van der Waals surface area contributed by atoms with Crippen LogP contribution in [0, 0.1) is 0 Å². The standard InChI is InChI=1S/C14H18.C2H6/c1-2-8-13-12(6-1)7-5-11-14(13)9-3-4-10-14;1-2/h1-2,6,8H,3-5,7,9-11H2;1-2H3. The predicted molar refractivity (Wildman–Crippen MR) is 70.9 cm³/mol. The summed E-state index contributed by atoms with van der Waals surface area (Å²) in [5.74, 6) is 0. The van der Waals surface area contributed by atoms with Crippen molar-refractivity contribution in [3.05, 3.63) is 35.4 Å². The van der Waals surface area contributed by atoms with Crippen LogP contribution in [0.15, 0.2) is 24.3 Å². The molecule has 0 saturated heterocycles. The summed E-state index contributed by atoms with van der Waals surface area (Å²) in [7, 11) is 0. The van der Waals surface area contributed by atoms with Crippen molar-refractivity contribution >= 4 is 0 Å². The van der Waals surface area contributed by atoms with E-state index in [-0.39, 0.29) is 0 Å². The summed E-state index contributed by atoms with van der Waals surface area (Å²) in [6.45, 7) is 4.00. The molecule has 0 amide bonds. The molecule has 0 radical (unpaired) electrons. The Bertz CT molecular complexity index is 332. The van der Waals surface area contributed by atoms with E-state index in [0.717, 1.165) is 0 Å². The average molecular weight is 216 g/mol. The third-order valence-corrected chi connectivity index (χ3v) is 4.25. The lowest BCUT2D eigenvalue weighted by Gasteiger charge is -2.35. The van der Waals surface area contributed by atoms with Crippen molar-refractivity contribution in [1.29, 1.82) is 0 Å². The first-order valence-electron chi connectivity index (χ1n) is 6.99. The molecule has 3 rings (SSSR count). The number of hydrogen-bond donors (Lipinski definition) is 0. The van der Waals surface area contributed by atoms with Crippen LogP contribution in [-0.4, -0.2) is 0 Å². The van der Waals surface area contributed by atoms with E-state index in [9.17, 15) is 0 Å². The lowest BCUT2D eigenvalue weighted by atomic mass is 9.69. The summed E-state index contributed by atoms with van der Waals surface area (Å²) >= 11 is 0. The zero-order valence-electron chi connectivity index (χ0n) is 10.8. The Morgan fingerprint density at radius 3 is 2.25 bits per heavy atom. The van der Waals surface area contributed by atoms with Crippen molar-refractivity contribution in [2.45, 2.75) is 64.2 Å². The molecule has 0 bridgehead atoms. The van der Waals surface area contributed by atoms with Crippen LogP contribution in [0.5, 0.6) is 0 Å². The lowest BCUT2D eigenvalue weighted by Crippen LogP contribution is -2.27. The number of aryl methyl sites for hydroxylation is 1. The van der Waals surface area contributed by atoms with E-state index in [1.54, 1.807) is 11.1 Å². The van der Waals surface area contributed by atoms with Gasteiger partial charge in [-0.15, -0.1) is 0 Å². The van der Waals surface area contributed by atoms with Crippen LogP contribution in [0.1, 0.15) is 63.5 Å². The molecule has 2 aliphatic rings. The monoisotopic (exact) mass is 216 g/mol. The molecule has 88 valence electrons. The van der Waals surface area contributed by atoms with Gasteiger partial charge in [-0.2, -0.15) is 0 Å². The molecule has 1 aromatic carbocycles. The first kappa shape index (κ1) is 11.7. The van der Waals surface area contributed by atoms with Gasteiger partial charge in [-0.1, -0.05) is 51.0 Å².